The van der Waals surface area contributed by atoms with Crippen molar-refractivity contribution in [2.45, 2.75) is 0 Å². The van der Waals surface area contributed by atoms with Crippen molar-refractivity contribution in [3.05, 3.63) is 51.3 Å². The highest BCUT2D eigenvalue weighted by atomic mass is 79.9. The van der Waals surface area contributed by atoms with E-state index in [1.165, 1.54) is 13.3 Å². The molecule has 0 spiro atoms. The lowest BCUT2D eigenvalue weighted by molar-refractivity contribution is -0.135. The van der Waals surface area contributed by atoms with Crippen LogP contribution in [0.2, 0.25) is 0 Å². The maximum absolute atomic E-state index is 11.7. The Morgan fingerprint density at radius 3 is 2.92 bits per heavy atom. The number of fused-ring (bicyclic) bond motifs is 1. The molecule has 0 atom stereocenters. The topological polar surface area (TPSA) is 100 Å². The number of methoxy groups -OCH3 is 1. The summed E-state index contributed by atoms with van der Waals surface area (Å²) >= 11 is 4.38. The first kappa shape index (κ1) is 18.2. The molecule has 0 radical (unpaired) electrons. The fourth-order valence-electron chi connectivity index (χ4n) is 2.23. The minimum atomic E-state index is -0.626. The van der Waals surface area contributed by atoms with Gasteiger partial charge in [0.1, 0.15) is 5.75 Å². The number of amidine groups is 1. The average Bonchev–Trinajstić information content (AvgIpc) is 2.96. The molecule has 2 aromatic carbocycles. The normalized spacial score (nSPS) is 17.4. The van der Waals surface area contributed by atoms with Crippen molar-refractivity contribution in [3.63, 3.8) is 0 Å². The minimum absolute atomic E-state index is 0.0677. The molecule has 26 heavy (non-hydrogen) atoms. The zero-order valence-corrected chi connectivity index (χ0v) is 15.8. The second-order valence-electron chi connectivity index (χ2n) is 5.10. The quantitative estimate of drug-likeness (QED) is 0.335. The fourth-order valence-corrected chi connectivity index (χ4v) is 3.35. The molecule has 1 saturated heterocycles. The highest BCUT2D eigenvalue weighted by Crippen LogP contribution is 2.28. The molecule has 0 bridgehead atoms. The van der Waals surface area contributed by atoms with Crippen molar-refractivity contribution in [1.29, 1.82) is 0 Å². The Hall–Kier alpha value is -2.65. The van der Waals surface area contributed by atoms with Crippen molar-refractivity contribution in [1.82, 2.24) is 5.32 Å². The molecule has 2 N–H and O–H groups in total. The average molecular weight is 434 g/mol. The third-order valence-corrected chi connectivity index (χ3v) is 4.83. The Balaban J connectivity index is 1.85. The van der Waals surface area contributed by atoms with Gasteiger partial charge >= 0.3 is 5.97 Å². The summed E-state index contributed by atoms with van der Waals surface area (Å²) in [5.41, 5.74) is 0.513. The van der Waals surface area contributed by atoms with Crippen LogP contribution in [0.5, 0.6) is 5.75 Å². The fraction of sp³-hybridized carbons (Fsp3) is 0.0588. The standard InChI is InChI=1S/C17H12BrN3O4S/c1-25-15(23)7-14-16(24)20-17(26-14)21-19-8-12-11-4-3-10(18)6-9(11)2-5-13(12)22/h2-8,22H,1H3,(H,20,21,24)/b14-7+,19-8?. The van der Waals surface area contributed by atoms with E-state index in [0.717, 1.165) is 33.1 Å². The van der Waals surface area contributed by atoms with Crippen LogP contribution >= 0.6 is 27.7 Å². The number of phenols is 1. The van der Waals surface area contributed by atoms with E-state index >= 15 is 0 Å². The van der Waals surface area contributed by atoms with Gasteiger partial charge in [-0.15, -0.1) is 5.10 Å². The number of esters is 1. The largest absolute Gasteiger partial charge is 0.507 e. The number of nitrogens with one attached hydrogen (secondary N) is 1. The number of carbonyl (C=O) groups excluding carboxylic acids is 2. The van der Waals surface area contributed by atoms with E-state index < -0.39 is 11.9 Å². The summed E-state index contributed by atoms with van der Waals surface area (Å²) in [5, 5.41) is 22.4. The van der Waals surface area contributed by atoms with Crippen LogP contribution in [0.1, 0.15) is 5.56 Å². The number of nitrogens with zero attached hydrogens (tertiary/aromatic N) is 2. The molecule has 3 rings (SSSR count). The highest BCUT2D eigenvalue weighted by molar-refractivity contribution is 9.10. The molecule has 1 heterocycles. The number of aromatic hydroxyl groups is 1. The van der Waals surface area contributed by atoms with Gasteiger partial charge in [-0.3, -0.25) is 10.1 Å². The predicted octanol–water partition coefficient (Wildman–Crippen LogP) is 2.92. The zero-order chi connectivity index (χ0) is 18.7. The van der Waals surface area contributed by atoms with Gasteiger partial charge in [0.25, 0.3) is 5.91 Å². The van der Waals surface area contributed by atoms with Gasteiger partial charge in [0.2, 0.25) is 0 Å². The van der Waals surface area contributed by atoms with Crippen LogP contribution in [0.15, 0.2) is 56.0 Å². The molecule has 0 unspecified atom stereocenters. The second kappa shape index (κ2) is 7.71. The van der Waals surface area contributed by atoms with Crippen molar-refractivity contribution in [2.24, 2.45) is 10.2 Å². The number of hydrogen-bond acceptors (Lipinski definition) is 7. The molecule has 1 fully saturated rings. The van der Waals surface area contributed by atoms with Gasteiger partial charge < -0.3 is 9.84 Å². The number of thioether (sulfide) groups is 1. The van der Waals surface area contributed by atoms with E-state index in [0.29, 0.717) is 5.56 Å². The van der Waals surface area contributed by atoms with Gasteiger partial charge in [0, 0.05) is 16.1 Å². The number of amides is 1. The van der Waals surface area contributed by atoms with Crippen molar-refractivity contribution in [2.75, 3.05) is 7.11 Å². The molecule has 2 aromatic rings. The lowest BCUT2D eigenvalue weighted by Gasteiger charge is -2.04. The molecular weight excluding hydrogens is 422 g/mol. The van der Waals surface area contributed by atoms with Gasteiger partial charge in [0.05, 0.1) is 18.2 Å². The van der Waals surface area contributed by atoms with Crippen LogP contribution in [-0.2, 0) is 14.3 Å². The lowest BCUT2D eigenvalue weighted by Crippen LogP contribution is -2.19. The van der Waals surface area contributed by atoms with Gasteiger partial charge in [-0.25, -0.2) is 4.79 Å². The van der Waals surface area contributed by atoms with Crippen LogP contribution in [-0.4, -0.2) is 35.5 Å². The van der Waals surface area contributed by atoms with Crippen LogP contribution < -0.4 is 5.32 Å². The van der Waals surface area contributed by atoms with Crippen molar-refractivity contribution in [3.8, 4) is 5.75 Å². The Morgan fingerprint density at radius 1 is 1.35 bits per heavy atom. The first-order valence-electron chi connectivity index (χ1n) is 7.29. The molecule has 1 amide bonds. The van der Waals surface area contributed by atoms with E-state index in [2.05, 4.69) is 36.2 Å². The van der Waals surface area contributed by atoms with Gasteiger partial charge in [0.15, 0.2) is 5.17 Å². The number of rotatable bonds is 3. The molecule has 9 heteroatoms. The number of ether oxygens (including phenoxy) is 1. The summed E-state index contributed by atoms with van der Waals surface area (Å²) < 4.78 is 5.41. The summed E-state index contributed by atoms with van der Waals surface area (Å²) in [6, 6.07) is 9.02. The summed E-state index contributed by atoms with van der Waals surface area (Å²) in [4.78, 5) is 23.1. The Morgan fingerprint density at radius 2 is 2.15 bits per heavy atom. The summed E-state index contributed by atoms with van der Waals surface area (Å²) in [6.07, 6.45) is 2.49. The number of halogens is 1. The summed E-state index contributed by atoms with van der Waals surface area (Å²) in [5.74, 6) is -1.01. The van der Waals surface area contributed by atoms with Gasteiger partial charge in [-0.05, 0) is 40.7 Å². The molecule has 1 aliphatic rings. The van der Waals surface area contributed by atoms with Crippen molar-refractivity contribution >= 4 is 61.7 Å². The first-order valence-corrected chi connectivity index (χ1v) is 8.90. The second-order valence-corrected chi connectivity index (χ2v) is 7.05. The number of carbonyl (C=O) groups is 2. The molecule has 132 valence electrons. The van der Waals surface area contributed by atoms with Crippen molar-refractivity contribution < 1.29 is 19.4 Å². The van der Waals surface area contributed by atoms with E-state index in [4.69, 9.17) is 0 Å². The number of hydrogen-bond donors (Lipinski definition) is 2. The Labute approximate surface area is 161 Å². The molecule has 1 aliphatic heterocycles. The third-order valence-electron chi connectivity index (χ3n) is 3.44. The van der Waals surface area contributed by atoms with Gasteiger partial charge in [-0.2, -0.15) is 5.10 Å². The Bertz CT molecular complexity index is 1000. The smallest absolute Gasteiger partial charge is 0.331 e. The number of phenolic OH excluding ortho intramolecular Hbond substituents is 1. The molecular formula is C17H12BrN3O4S. The van der Waals surface area contributed by atoms with E-state index in [9.17, 15) is 14.7 Å². The highest BCUT2D eigenvalue weighted by Gasteiger charge is 2.25. The van der Waals surface area contributed by atoms with Gasteiger partial charge in [-0.1, -0.05) is 28.1 Å². The first-order chi connectivity index (χ1) is 12.5. The van der Waals surface area contributed by atoms with Crippen LogP contribution in [0.3, 0.4) is 0 Å². The monoisotopic (exact) mass is 433 g/mol. The van der Waals surface area contributed by atoms with E-state index in [-0.39, 0.29) is 15.8 Å². The molecule has 0 aliphatic carbocycles. The maximum atomic E-state index is 11.7. The molecule has 7 nitrogen and oxygen atoms in total. The van der Waals surface area contributed by atoms with E-state index in [1.807, 2.05) is 18.2 Å². The molecule has 0 aromatic heterocycles. The summed E-state index contributed by atoms with van der Waals surface area (Å²) in [7, 11) is 1.23. The lowest BCUT2D eigenvalue weighted by atomic mass is 10.0. The number of benzene rings is 2. The predicted molar refractivity (Wildman–Crippen MR) is 104 cm³/mol. The third kappa shape index (κ3) is 3.94. The van der Waals surface area contributed by atoms with E-state index in [1.54, 1.807) is 12.1 Å². The SMILES string of the molecule is COC(=O)/C=C1/S/C(=N\N=Cc2c(O)ccc3cc(Br)ccc23)NC1=O. The maximum Gasteiger partial charge on any atom is 0.331 e. The Kier molecular flexibility index (Phi) is 5.38. The van der Waals surface area contributed by atoms with Crippen LogP contribution in [0.25, 0.3) is 10.8 Å². The van der Waals surface area contributed by atoms with Crippen LogP contribution in [0, 0.1) is 0 Å². The molecule has 0 saturated carbocycles. The van der Waals surface area contributed by atoms with Crippen LogP contribution in [0.4, 0.5) is 0 Å². The zero-order valence-electron chi connectivity index (χ0n) is 13.4. The minimum Gasteiger partial charge on any atom is -0.507 e. The summed E-state index contributed by atoms with van der Waals surface area (Å²) in [6.45, 7) is 0.